The molecule has 0 fully saturated rings. The standard InChI is InChI=1S/C13H8Br2ClNO/c14-6-10-5-12(15)11(7-17-10)13(18)8-1-3-9(16)4-2-8/h1-5,7H,6H2. The third-order valence-electron chi connectivity index (χ3n) is 2.40. The molecule has 1 aromatic heterocycles. The van der Waals surface area contributed by atoms with Crippen molar-refractivity contribution in [3.8, 4) is 0 Å². The van der Waals surface area contributed by atoms with E-state index < -0.39 is 0 Å². The highest BCUT2D eigenvalue weighted by Crippen LogP contribution is 2.22. The van der Waals surface area contributed by atoms with Gasteiger partial charge in [-0.05, 0) is 46.3 Å². The maximum absolute atomic E-state index is 12.3. The van der Waals surface area contributed by atoms with Crippen LogP contribution in [0.4, 0.5) is 0 Å². The third-order valence-corrected chi connectivity index (χ3v) is 3.88. The summed E-state index contributed by atoms with van der Waals surface area (Å²) in [7, 11) is 0. The van der Waals surface area contributed by atoms with Crippen LogP contribution >= 0.6 is 43.5 Å². The van der Waals surface area contributed by atoms with Crippen LogP contribution in [0.5, 0.6) is 0 Å². The number of nitrogens with zero attached hydrogens (tertiary/aromatic N) is 1. The summed E-state index contributed by atoms with van der Waals surface area (Å²) in [6, 6.07) is 8.63. The Morgan fingerprint density at radius 3 is 2.50 bits per heavy atom. The topological polar surface area (TPSA) is 30.0 Å². The Morgan fingerprint density at radius 2 is 1.94 bits per heavy atom. The Kier molecular flexibility index (Phi) is 4.54. The van der Waals surface area contributed by atoms with Crippen molar-refractivity contribution < 1.29 is 4.79 Å². The molecule has 2 rings (SSSR count). The lowest BCUT2D eigenvalue weighted by Crippen LogP contribution is -2.03. The van der Waals surface area contributed by atoms with Crippen LogP contribution in [0.1, 0.15) is 21.6 Å². The molecule has 0 amide bonds. The van der Waals surface area contributed by atoms with Crippen molar-refractivity contribution in [1.82, 2.24) is 4.98 Å². The molecule has 0 bridgehead atoms. The molecular weight excluding hydrogens is 381 g/mol. The predicted octanol–water partition coefficient (Wildman–Crippen LogP) is 4.62. The fourth-order valence-corrected chi connectivity index (χ4v) is 2.45. The molecule has 0 saturated carbocycles. The van der Waals surface area contributed by atoms with Crippen LogP contribution < -0.4 is 0 Å². The molecule has 0 unspecified atom stereocenters. The van der Waals surface area contributed by atoms with Gasteiger partial charge in [0, 0.05) is 26.6 Å². The van der Waals surface area contributed by atoms with Crippen molar-refractivity contribution in [1.29, 1.82) is 0 Å². The lowest BCUT2D eigenvalue weighted by molar-refractivity contribution is 0.103. The molecule has 0 spiro atoms. The molecule has 1 aromatic carbocycles. The fourth-order valence-electron chi connectivity index (χ4n) is 1.47. The first kappa shape index (κ1) is 13.7. The summed E-state index contributed by atoms with van der Waals surface area (Å²) in [5.41, 5.74) is 2.00. The zero-order chi connectivity index (χ0) is 13.1. The van der Waals surface area contributed by atoms with Gasteiger partial charge in [-0.1, -0.05) is 27.5 Å². The van der Waals surface area contributed by atoms with Gasteiger partial charge in [0.25, 0.3) is 0 Å². The second-order valence-corrected chi connectivity index (χ2v) is 5.48. The number of pyridine rings is 1. The first-order chi connectivity index (χ1) is 8.61. The maximum atomic E-state index is 12.3. The number of rotatable bonds is 3. The molecule has 92 valence electrons. The lowest BCUT2D eigenvalue weighted by atomic mass is 10.1. The molecule has 0 radical (unpaired) electrons. The zero-order valence-corrected chi connectivity index (χ0v) is 13.1. The second-order valence-electron chi connectivity index (χ2n) is 3.63. The highest BCUT2D eigenvalue weighted by molar-refractivity contribution is 9.10. The van der Waals surface area contributed by atoms with Crippen LogP contribution in [-0.4, -0.2) is 10.8 Å². The maximum Gasteiger partial charge on any atom is 0.195 e. The van der Waals surface area contributed by atoms with E-state index in [1.165, 1.54) is 0 Å². The van der Waals surface area contributed by atoms with Crippen molar-refractivity contribution in [2.24, 2.45) is 0 Å². The number of carbonyl (C=O) groups excluding carboxylic acids is 1. The summed E-state index contributed by atoms with van der Waals surface area (Å²) >= 11 is 12.5. The number of alkyl halides is 1. The van der Waals surface area contributed by atoms with E-state index in [4.69, 9.17) is 11.6 Å². The highest BCUT2D eigenvalue weighted by atomic mass is 79.9. The van der Waals surface area contributed by atoms with E-state index in [0.717, 1.165) is 10.2 Å². The quantitative estimate of drug-likeness (QED) is 0.566. The molecule has 1 heterocycles. The van der Waals surface area contributed by atoms with E-state index in [2.05, 4.69) is 36.8 Å². The monoisotopic (exact) mass is 387 g/mol. The second kappa shape index (κ2) is 5.95. The van der Waals surface area contributed by atoms with E-state index in [0.29, 0.717) is 21.5 Å². The molecule has 0 aliphatic carbocycles. The highest BCUT2D eigenvalue weighted by Gasteiger charge is 2.13. The number of carbonyl (C=O) groups is 1. The summed E-state index contributed by atoms with van der Waals surface area (Å²) < 4.78 is 0.743. The molecule has 2 aromatic rings. The number of halogens is 3. The summed E-state index contributed by atoms with van der Waals surface area (Å²) in [5.74, 6) is -0.0767. The number of aromatic nitrogens is 1. The Morgan fingerprint density at radius 1 is 1.28 bits per heavy atom. The van der Waals surface area contributed by atoms with Crippen LogP contribution in [0.15, 0.2) is 41.0 Å². The molecule has 18 heavy (non-hydrogen) atoms. The Hall–Kier alpha value is -0.710. The molecular formula is C13H8Br2ClNO. The molecule has 0 atom stereocenters. The molecule has 0 saturated heterocycles. The summed E-state index contributed by atoms with van der Waals surface area (Å²) in [6.07, 6.45) is 1.58. The van der Waals surface area contributed by atoms with Gasteiger partial charge in [-0.25, -0.2) is 0 Å². The van der Waals surface area contributed by atoms with Crippen molar-refractivity contribution in [3.05, 3.63) is 62.8 Å². The molecule has 0 N–H and O–H groups in total. The Balaban J connectivity index is 2.37. The van der Waals surface area contributed by atoms with Gasteiger partial charge in [0.2, 0.25) is 0 Å². The molecule has 0 aliphatic rings. The summed E-state index contributed by atoms with van der Waals surface area (Å²) in [6.45, 7) is 0. The van der Waals surface area contributed by atoms with Crippen LogP contribution in [0.2, 0.25) is 5.02 Å². The summed E-state index contributed by atoms with van der Waals surface area (Å²) in [5, 5.41) is 1.26. The first-order valence-electron chi connectivity index (χ1n) is 5.12. The minimum Gasteiger partial charge on any atom is -0.289 e. The average molecular weight is 389 g/mol. The van der Waals surface area contributed by atoms with Gasteiger partial charge in [-0.15, -0.1) is 0 Å². The van der Waals surface area contributed by atoms with Gasteiger partial charge in [-0.3, -0.25) is 9.78 Å². The fraction of sp³-hybridized carbons (Fsp3) is 0.0769. The number of hydrogen-bond acceptors (Lipinski definition) is 2. The largest absolute Gasteiger partial charge is 0.289 e. The van der Waals surface area contributed by atoms with Gasteiger partial charge in [0.1, 0.15) is 0 Å². The van der Waals surface area contributed by atoms with E-state index in [1.807, 2.05) is 6.07 Å². The number of hydrogen-bond donors (Lipinski definition) is 0. The van der Waals surface area contributed by atoms with Crippen molar-refractivity contribution in [2.45, 2.75) is 5.33 Å². The van der Waals surface area contributed by atoms with Crippen molar-refractivity contribution >= 4 is 49.2 Å². The summed E-state index contributed by atoms with van der Waals surface area (Å²) in [4.78, 5) is 16.5. The average Bonchev–Trinajstić information content (AvgIpc) is 2.38. The van der Waals surface area contributed by atoms with Crippen molar-refractivity contribution in [3.63, 3.8) is 0 Å². The van der Waals surface area contributed by atoms with Crippen LogP contribution in [0.3, 0.4) is 0 Å². The van der Waals surface area contributed by atoms with Gasteiger partial charge < -0.3 is 0 Å². The van der Waals surface area contributed by atoms with E-state index in [9.17, 15) is 4.79 Å². The van der Waals surface area contributed by atoms with Crippen LogP contribution in [0, 0.1) is 0 Å². The molecule has 0 aliphatic heterocycles. The third kappa shape index (κ3) is 2.99. The van der Waals surface area contributed by atoms with Gasteiger partial charge in [0.15, 0.2) is 5.78 Å². The van der Waals surface area contributed by atoms with Gasteiger partial charge in [-0.2, -0.15) is 0 Å². The van der Waals surface area contributed by atoms with Gasteiger partial charge >= 0.3 is 0 Å². The lowest BCUT2D eigenvalue weighted by Gasteiger charge is -2.05. The molecule has 2 nitrogen and oxygen atoms in total. The van der Waals surface area contributed by atoms with Crippen LogP contribution in [0.25, 0.3) is 0 Å². The Bertz CT molecular complexity index is 584. The molecule has 5 heteroatoms. The normalized spacial score (nSPS) is 10.4. The number of benzene rings is 1. The van der Waals surface area contributed by atoms with E-state index >= 15 is 0 Å². The first-order valence-corrected chi connectivity index (χ1v) is 7.41. The van der Waals surface area contributed by atoms with Crippen molar-refractivity contribution in [2.75, 3.05) is 0 Å². The Labute approximate surface area is 127 Å². The van der Waals surface area contributed by atoms with E-state index in [1.54, 1.807) is 30.5 Å². The minimum absolute atomic E-state index is 0.0767. The SMILES string of the molecule is O=C(c1ccc(Cl)cc1)c1cnc(CBr)cc1Br. The predicted molar refractivity (Wildman–Crippen MR) is 79.5 cm³/mol. The number of ketones is 1. The minimum atomic E-state index is -0.0767. The zero-order valence-electron chi connectivity index (χ0n) is 9.16. The van der Waals surface area contributed by atoms with Gasteiger partial charge in [0.05, 0.1) is 11.3 Å². The van der Waals surface area contributed by atoms with E-state index in [-0.39, 0.29) is 5.78 Å². The van der Waals surface area contributed by atoms with Crippen LogP contribution in [-0.2, 0) is 5.33 Å². The smallest absolute Gasteiger partial charge is 0.195 e.